The van der Waals surface area contributed by atoms with Gasteiger partial charge < -0.3 is 9.13 Å². The van der Waals surface area contributed by atoms with Crippen molar-refractivity contribution in [3.63, 3.8) is 0 Å². The molecular formula is C51H36N2. The molecule has 0 saturated heterocycles. The van der Waals surface area contributed by atoms with Gasteiger partial charge in [0.05, 0.1) is 22.1 Å². The Kier molecular flexibility index (Phi) is 6.33. The van der Waals surface area contributed by atoms with E-state index in [4.69, 9.17) is 0 Å². The molecule has 0 saturated carbocycles. The average molecular weight is 677 g/mol. The Hall–Kier alpha value is -6.64. The number of nitrogens with zero attached hydrogens (tertiary/aromatic N) is 2. The Morgan fingerprint density at radius 2 is 0.679 bits per heavy atom. The van der Waals surface area contributed by atoms with Crippen LogP contribution in [-0.4, -0.2) is 9.13 Å². The maximum Gasteiger partial charge on any atom is 0.0547 e. The molecule has 53 heavy (non-hydrogen) atoms. The fraction of sp³-hybridized carbons (Fsp3) is 0.0588. The van der Waals surface area contributed by atoms with Crippen LogP contribution in [0.1, 0.15) is 25.0 Å². The molecule has 1 aliphatic rings. The minimum Gasteiger partial charge on any atom is -0.309 e. The summed E-state index contributed by atoms with van der Waals surface area (Å²) in [7, 11) is 0. The minimum atomic E-state index is -0.150. The van der Waals surface area contributed by atoms with E-state index in [0.29, 0.717) is 0 Å². The lowest BCUT2D eigenvalue weighted by molar-refractivity contribution is 0.661. The summed E-state index contributed by atoms with van der Waals surface area (Å²) in [5, 5.41) is 5.11. The number of aromatic nitrogens is 2. The first kappa shape index (κ1) is 30.0. The molecule has 10 aromatic rings. The molecular weight excluding hydrogens is 641 g/mol. The van der Waals surface area contributed by atoms with E-state index >= 15 is 0 Å². The summed E-state index contributed by atoms with van der Waals surface area (Å²) < 4.78 is 4.80. The molecule has 2 nitrogen and oxygen atoms in total. The lowest BCUT2D eigenvalue weighted by Crippen LogP contribution is -2.15. The van der Waals surface area contributed by atoms with Gasteiger partial charge in [-0.3, -0.25) is 0 Å². The van der Waals surface area contributed by atoms with Gasteiger partial charge in [-0.1, -0.05) is 135 Å². The molecule has 0 fully saturated rings. The first-order chi connectivity index (χ1) is 26.0. The number of fused-ring (bicyclic) bond motifs is 9. The van der Waals surface area contributed by atoms with Crippen LogP contribution in [-0.2, 0) is 5.41 Å². The third-order valence-electron chi connectivity index (χ3n) is 11.7. The summed E-state index contributed by atoms with van der Waals surface area (Å²) in [6.07, 6.45) is 0. The molecule has 0 N–H and O–H groups in total. The standard InChI is InChI=1S/C51H36N2/c1-51(2)45-29-33(35-23-27-43-41-17-9-11-19-47(41)52(49(43)31-35)37-13-5-3-6-14-37)21-25-39(45)40-26-22-34(30-46(40)51)36-24-28-44-42-18-10-12-20-48(42)53(50(44)32-36)38-15-7-4-8-16-38/h3-32H,1-2H3. The van der Waals surface area contributed by atoms with Crippen LogP contribution in [0.25, 0.3) is 88.4 Å². The maximum atomic E-state index is 2.44. The smallest absolute Gasteiger partial charge is 0.0547 e. The predicted molar refractivity (Wildman–Crippen MR) is 224 cm³/mol. The highest BCUT2D eigenvalue weighted by Crippen LogP contribution is 2.51. The van der Waals surface area contributed by atoms with Crippen LogP contribution in [0.5, 0.6) is 0 Å². The molecule has 11 rings (SSSR count). The summed E-state index contributed by atoms with van der Waals surface area (Å²) in [6.45, 7) is 4.77. The number of hydrogen-bond acceptors (Lipinski definition) is 0. The van der Waals surface area contributed by atoms with Gasteiger partial charge in [0.1, 0.15) is 0 Å². The summed E-state index contributed by atoms with van der Waals surface area (Å²) in [6, 6.07) is 67.1. The normalized spacial score (nSPS) is 13.2. The van der Waals surface area contributed by atoms with E-state index in [1.54, 1.807) is 0 Å². The van der Waals surface area contributed by atoms with Gasteiger partial charge in [-0.05, 0) is 105 Å². The topological polar surface area (TPSA) is 9.86 Å². The Bertz CT molecular complexity index is 2860. The van der Waals surface area contributed by atoms with Crippen molar-refractivity contribution < 1.29 is 0 Å². The quantitative estimate of drug-likeness (QED) is 0.176. The average Bonchev–Trinajstić information content (AvgIpc) is 3.80. The van der Waals surface area contributed by atoms with Gasteiger partial charge in [0.25, 0.3) is 0 Å². The zero-order valence-electron chi connectivity index (χ0n) is 29.7. The summed E-state index contributed by atoms with van der Waals surface area (Å²) >= 11 is 0. The van der Waals surface area contributed by atoms with Crippen LogP contribution in [0.15, 0.2) is 182 Å². The first-order valence-corrected chi connectivity index (χ1v) is 18.5. The number of benzene rings is 8. The highest BCUT2D eigenvalue weighted by atomic mass is 15.0. The van der Waals surface area contributed by atoms with Crippen molar-refractivity contribution in [2.24, 2.45) is 0 Å². The van der Waals surface area contributed by atoms with E-state index in [1.807, 2.05) is 0 Å². The molecule has 250 valence electrons. The largest absolute Gasteiger partial charge is 0.309 e. The molecule has 2 heteroatoms. The summed E-state index contributed by atoms with van der Waals surface area (Å²) in [5.41, 5.74) is 17.5. The van der Waals surface area contributed by atoms with E-state index in [0.717, 1.165) is 0 Å². The van der Waals surface area contributed by atoms with Crippen molar-refractivity contribution in [3.8, 4) is 44.8 Å². The molecule has 2 heterocycles. The monoisotopic (exact) mass is 676 g/mol. The van der Waals surface area contributed by atoms with Gasteiger partial charge in [0.2, 0.25) is 0 Å². The lowest BCUT2D eigenvalue weighted by Gasteiger charge is -2.23. The van der Waals surface area contributed by atoms with E-state index in [9.17, 15) is 0 Å². The van der Waals surface area contributed by atoms with Gasteiger partial charge in [-0.25, -0.2) is 0 Å². The van der Waals surface area contributed by atoms with Crippen molar-refractivity contribution in [3.05, 3.63) is 193 Å². The van der Waals surface area contributed by atoms with Crippen molar-refractivity contribution in [1.82, 2.24) is 9.13 Å². The Labute approximate surface area is 308 Å². The van der Waals surface area contributed by atoms with E-state index < -0.39 is 0 Å². The summed E-state index contributed by atoms with van der Waals surface area (Å²) in [4.78, 5) is 0. The van der Waals surface area contributed by atoms with E-state index in [2.05, 4.69) is 205 Å². The second-order valence-corrected chi connectivity index (χ2v) is 15.0. The van der Waals surface area contributed by atoms with Crippen molar-refractivity contribution in [1.29, 1.82) is 0 Å². The fourth-order valence-electron chi connectivity index (χ4n) is 9.11. The summed E-state index contributed by atoms with van der Waals surface area (Å²) in [5.74, 6) is 0. The van der Waals surface area contributed by atoms with Crippen LogP contribution in [0.4, 0.5) is 0 Å². The molecule has 2 aromatic heterocycles. The van der Waals surface area contributed by atoms with Crippen molar-refractivity contribution >= 4 is 43.6 Å². The lowest BCUT2D eigenvalue weighted by atomic mass is 9.81. The molecule has 0 radical (unpaired) electrons. The van der Waals surface area contributed by atoms with Crippen LogP contribution in [0.3, 0.4) is 0 Å². The molecule has 0 unspecified atom stereocenters. The molecule has 0 aliphatic heterocycles. The highest BCUT2D eigenvalue weighted by Gasteiger charge is 2.36. The first-order valence-electron chi connectivity index (χ1n) is 18.5. The molecule has 1 aliphatic carbocycles. The van der Waals surface area contributed by atoms with Crippen LogP contribution in [0.2, 0.25) is 0 Å². The van der Waals surface area contributed by atoms with Crippen molar-refractivity contribution in [2.75, 3.05) is 0 Å². The Morgan fingerprint density at radius 1 is 0.321 bits per heavy atom. The predicted octanol–water partition coefficient (Wildman–Crippen LogP) is 13.5. The second-order valence-electron chi connectivity index (χ2n) is 15.0. The van der Waals surface area contributed by atoms with Gasteiger partial charge in [0.15, 0.2) is 0 Å². The van der Waals surface area contributed by atoms with Crippen molar-refractivity contribution in [2.45, 2.75) is 19.3 Å². The van der Waals surface area contributed by atoms with Gasteiger partial charge in [0, 0.05) is 38.3 Å². The Balaban J connectivity index is 1.01. The number of rotatable bonds is 4. The highest BCUT2D eigenvalue weighted by molar-refractivity contribution is 6.11. The molecule has 0 amide bonds. The zero-order chi connectivity index (χ0) is 35.3. The molecule has 8 aromatic carbocycles. The molecule has 0 atom stereocenters. The van der Waals surface area contributed by atoms with Gasteiger partial charge in [-0.2, -0.15) is 0 Å². The number of hydrogen-bond donors (Lipinski definition) is 0. The number of para-hydroxylation sites is 4. The van der Waals surface area contributed by atoms with Gasteiger partial charge in [-0.15, -0.1) is 0 Å². The minimum absolute atomic E-state index is 0.150. The molecule has 0 spiro atoms. The van der Waals surface area contributed by atoms with E-state index in [-0.39, 0.29) is 5.41 Å². The second kappa shape index (κ2) is 11.2. The molecule has 0 bridgehead atoms. The SMILES string of the molecule is CC1(C)c2cc(-c3ccc4c5ccccc5n(-c5ccccc5)c4c3)ccc2-c2ccc(-c3ccc4c5ccccc5n(-c5ccccc5)c4c3)cc21. The van der Waals surface area contributed by atoms with Crippen LogP contribution in [0, 0.1) is 0 Å². The fourth-order valence-corrected chi connectivity index (χ4v) is 9.11. The third kappa shape index (κ3) is 4.39. The van der Waals surface area contributed by atoms with Crippen LogP contribution >= 0.6 is 0 Å². The van der Waals surface area contributed by atoms with Crippen LogP contribution < -0.4 is 0 Å². The van der Waals surface area contributed by atoms with E-state index in [1.165, 1.54) is 99.5 Å². The Morgan fingerprint density at radius 3 is 1.13 bits per heavy atom. The zero-order valence-corrected chi connectivity index (χ0v) is 29.7. The third-order valence-corrected chi connectivity index (χ3v) is 11.7. The maximum absolute atomic E-state index is 2.44. The van der Waals surface area contributed by atoms with Gasteiger partial charge >= 0.3 is 0 Å².